The summed E-state index contributed by atoms with van der Waals surface area (Å²) < 4.78 is 25.0. The number of para-hydroxylation sites is 1. The molecule has 0 saturated carbocycles. The van der Waals surface area contributed by atoms with Crippen molar-refractivity contribution in [2.45, 2.75) is 13.5 Å². The zero-order valence-corrected chi connectivity index (χ0v) is 15.6. The van der Waals surface area contributed by atoms with E-state index in [4.69, 9.17) is 9.47 Å². The predicted octanol–water partition coefficient (Wildman–Crippen LogP) is 4.89. The van der Waals surface area contributed by atoms with Crippen LogP contribution in [0.2, 0.25) is 0 Å². The van der Waals surface area contributed by atoms with E-state index in [2.05, 4.69) is 0 Å². The first-order valence-corrected chi connectivity index (χ1v) is 8.64. The maximum absolute atomic E-state index is 14.0. The van der Waals surface area contributed by atoms with Crippen molar-refractivity contribution in [1.82, 2.24) is 0 Å². The van der Waals surface area contributed by atoms with Crippen molar-refractivity contribution in [2.24, 2.45) is 0 Å². The van der Waals surface area contributed by atoms with E-state index in [0.717, 1.165) is 0 Å². The Bertz CT molecular complexity index is 976. The van der Waals surface area contributed by atoms with Crippen LogP contribution in [0.5, 0.6) is 23.0 Å². The number of methoxy groups -OCH3 is 1. The molecule has 0 aromatic heterocycles. The molecule has 3 rings (SSSR count). The summed E-state index contributed by atoms with van der Waals surface area (Å²) in [5.41, 5.74) is 0.725. The van der Waals surface area contributed by atoms with Gasteiger partial charge in [0, 0.05) is 18.6 Å². The minimum Gasteiger partial charge on any atom is -0.508 e. The number of ether oxygens (including phenoxy) is 2. The minimum absolute atomic E-state index is 0.00832. The molecular formula is C22H20FNO4. The molecule has 28 heavy (non-hydrogen) atoms. The monoisotopic (exact) mass is 381 g/mol. The number of rotatable bonds is 6. The van der Waals surface area contributed by atoms with Gasteiger partial charge < -0.3 is 19.5 Å². The third-order valence-corrected chi connectivity index (χ3v) is 4.18. The molecule has 0 atom stereocenters. The maximum Gasteiger partial charge on any atom is 0.224 e. The molecule has 144 valence electrons. The Kier molecular flexibility index (Phi) is 5.79. The zero-order valence-electron chi connectivity index (χ0n) is 15.6. The van der Waals surface area contributed by atoms with Crippen molar-refractivity contribution in [3.63, 3.8) is 0 Å². The van der Waals surface area contributed by atoms with Crippen LogP contribution in [0.4, 0.5) is 10.1 Å². The Balaban J connectivity index is 2.00. The summed E-state index contributed by atoms with van der Waals surface area (Å²) in [7, 11) is 1.51. The maximum atomic E-state index is 14.0. The van der Waals surface area contributed by atoms with Gasteiger partial charge in [0.25, 0.3) is 0 Å². The topological polar surface area (TPSA) is 59.0 Å². The molecule has 0 saturated heterocycles. The average Bonchev–Trinajstić information content (AvgIpc) is 2.69. The molecule has 0 bridgehead atoms. The fourth-order valence-corrected chi connectivity index (χ4v) is 2.76. The number of carbonyl (C=O) groups excluding carboxylic acids is 1. The summed E-state index contributed by atoms with van der Waals surface area (Å²) in [5, 5.41) is 10.2. The van der Waals surface area contributed by atoms with Gasteiger partial charge in [0.15, 0.2) is 5.75 Å². The Morgan fingerprint density at radius 2 is 1.79 bits per heavy atom. The van der Waals surface area contributed by atoms with Gasteiger partial charge in [-0.15, -0.1) is 0 Å². The molecule has 0 aliphatic carbocycles. The summed E-state index contributed by atoms with van der Waals surface area (Å²) in [6.45, 7) is 1.39. The van der Waals surface area contributed by atoms with Crippen LogP contribution in [0, 0.1) is 5.82 Å². The van der Waals surface area contributed by atoms with Crippen LogP contribution in [-0.2, 0) is 11.3 Å². The molecule has 0 aliphatic rings. The zero-order chi connectivity index (χ0) is 20.1. The minimum atomic E-state index is -0.503. The SMILES string of the molecule is COc1ccc(O)c(CN(C(C)=O)c2cc(F)ccc2Oc2ccccc2)c1. The highest BCUT2D eigenvalue weighted by Gasteiger charge is 2.20. The third kappa shape index (κ3) is 4.40. The number of benzene rings is 3. The van der Waals surface area contributed by atoms with Gasteiger partial charge in [-0.25, -0.2) is 4.39 Å². The molecule has 3 aromatic rings. The third-order valence-electron chi connectivity index (χ3n) is 4.18. The number of phenolic OH excluding ortho intramolecular Hbond substituents is 1. The summed E-state index contributed by atoms with van der Waals surface area (Å²) in [6, 6.07) is 17.7. The number of hydrogen-bond acceptors (Lipinski definition) is 4. The van der Waals surface area contributed by atoms with Gasteiger partial charge in [-0.2, -0.15) is 0 Å². The number of carbonyl (C=O) groups is 1. The molecular weight excluding hydrogens is 361 g/mol. The smallest absolute Gasteiger partial charge is 0.224 e. The highest BCUT2D eigenvalue weighted by atomic mass is 19.1. The Morgan fingerprint density at radius 1 is 1.04 bits per heavy atom. The van der Waals surface area contributed by atoms with E-state index in [1.54, 1.807) is 24.3 Å². The molecule has 0 fully saturated rings. The molecule has 0 radical (unpaired) electrons. The van der Waals surface area contributed by atoms with Gasteiger partial charge in [-0.05, 0) is 42.5 Å². The van der Waals surface area contributed by atoms with Crippen molar-refractivity contribution in [1.29, 1.82) is 0 Å². The van der Waals surface area contributed by atoms with E-state index in [9.17, 15) is 14.3 Å². The molecule has 5 nitrogen and oxygen atoms in total. The molecule has 6 heteroatoms. The van der Waals surface area contributed by atoms with Gasteiger partial charge in [-0.3, -0.25) is 4.79 Å². The van der Waals surface area contributed by atoms with Crippen LogP contribution in [-0.4, -0.2) is 18.1 Å². The summed E-state index contributed by atoms with van der Waals surface area (Å²) >= 11 is 0. The van der Waals surface area contributed by atoms with E-state index in [1.807, 2.05) is 18.2 Å². The largest absolute Gasteiger partial charge is 0.508 e. The van der Waals surface area contributed by atoms with Crippen LogP contribution >= 0.6 is 0 Å². The number of halogens is 1. The van der Waals surface area contributed by atoms with Crippen LogP contribution in [0.25, 0.3) is 0 Å². The second-order valence-corrected chi connectivity index (χ2v) is 6.13. The van der Waals surface area contributed by atoms with Gasteiger partial charge >= 0.3 is 0 Å². The first-order chi connectivity index (χ1) is 13.5. The molecule has 3 aromatic carbocycles. The van der Waals surface area contributed by atoms with Gasteiger partial charge in [0.05, 0.1) is 19.3 Å². The lowest BCUT2D eigenvalue weighted by molar-refractivity contribution is -0.116. The second kappa shape index (κ2) is 8.43. The van der Waals surface area contributed by atoms with E-state index in [1.165, 1.54) is 43.2 Å². The van der Waals surface area contributed by atoms with Gasteiger partial charge in [0.2, 0.25) is 5.91 Å². The van der Waals surface area contributed by atoms with Crippen LogP contribution in [0.1, 0.15) is 12.5 Å². The Morgan fingerprint density at radius 3 is 2.46 bits per heavy atom. The standard InChI is InChI=1S/C22H20FNO4/c1-15(25)24(14-16-12-19(27-2)9-10-21(16)26)20-13-17(23)8-11-22(20)28-18-6-4-3-5-7-18/h3-13,26H,14H2,1-2H3. The van der Waals surface area contributed by atoms with Crippen molar-refractivity contribution in [2.75, 3.05) is 12.0 Å². The number of nitrogens with zero attached hydrogens (tertiary/aromatic N) is 1. The first kappa shape index (κ1) is 19.2. The van der Waals surface area contributed by atoms with Gasteiger partial charge in [0.1, 0.15) is 23.1 Å². The van der Waals surface area contributed by atoms with Crippen molar-refractivity contribution < 1.29 is 23.8 Å². The second-order valence-electron chi connectivity index (χ2n) is 6.13. The summed E-state index contributed by atoms with van der Waals surface area (Å²) in [6.07, 6.45) is 0. The van der Waals surface area contributed by atoms with E-state index in [0.29, 0.717) is 22.8 Å². The van der Waals surface area contributed by atoms with E-state index in [-0.39, 0.29) is 23.9 Å². The Labute approximate surface area is 162 Å². The van der Waals surface area contributed by atoms with Crippen molar-refractivity contribution in [3.05, 3.63) is 78.1 Å². The lowest BCUT2D eigenvalue weighted by atomic mass is 10.1. The van der Waals surface area contributed by atoms with E-state index >= 15 is 0 Å². The van der Waals surface area contributed by atoms with Crippen molar-refractivity contribution in [3.8, 4) is 23.0 Å². The van der Waals surface area contributed by atoms with Crippen LogP contribution < -0.4 is 14.4 Å². The molecule has 0 heterocycles. The normalized spacial score (nSPS) is 10.4. The summed E-state index contributed by atoms with van der Waals surface area (Å²) in [4.78, 5) is 13.7. The fourth-order valence-electron chi connectivity index (χ4n) is 2.76. The summed E-state index contributed by atoms with van der Waals surface area (Å²) in [5.74, 6) is 0.598. The number of aromatic hydroxyl groups is 1. The fraction of sp³-hybridized carbons (Fsp3) is 0.136. The van der Waals surface area contributed by atoms with Crippen molar-refractivity contribution >= 4 is 11.6 Å². The lowest BCUT2D eigenvalue weighted by Crippen LogP contribution is -2.28. The molecule has 0 spiro atoms. The average molecular weight is 381 g/mol. The number of hydrogen-bond donors (Lipinski definition) is 1. The highest BCUT2D eigenvalue weighted by molar-refractivity contribution is 5.93. The molecule has 0 unspecified atom stereocenters. The molecule has 1 amide bonds. The highest BCUT2D eigenvalue weighted by Crippen LogP contribution is 2.35. The predicted molar refractivity (Wildman–Crippen MR) is 104 cm³/mol. The van der Waals surface area contributed by atoms with E-state index < -0.39 is 5.82 Å². The van der Waals surface area contributed by atoms with Gasteiger partial charge in [-0.1, -0.05) is 18.2 Å². The quantitative estimate of drug-likeness (QED) is 0.661. The lowest BCUT2D eigenvalue weighted by Gasteiger charge is -2.24. The molecule has 1 N–H and O–H groups in total. The molecule has 0 aliphatic heterocycles. The number of amides is 1. The van der Waals surface area contributed by atoms with Crippen LogP contribution in [0.3, 0.4) is 0 Å². The van der Waals surface area contributed by atoms with Crippen LogP contribution in [0.15, 0.2) is 66.7 Å². The Hall–Kier alpha value is -3.54. The number of anilines is 1. The number of phenols is 1. The first-order valence-electron chi connectivity index (χ1n) is 8.64.